The average Bonchev–Trinajstić information content (AvgIpc) is 2.24. The van der Waals surface area contributed by atoms with Crippen LogP contribution in [0.3, 0.4) is 0 Å². The zero-order valence-corrected chi connectivity index (χ0v) is 9.06. The lowest BCUT2D eigenvalue weighted by atomic mass is 9.98. The highest BCUT2D eigenvalue weighted by atomic mass is 31.1. The number of carboxylic acid groups (broad SMARTS) is 1. The number of hydrogen-bond donors (Lipinski definition) is 7. The Morgan fingerprint density at radius 1 is 1.29 bits per heavy atom. The van der Waals surface area contributed by atoms with E-state index in [0.29, 0.717) is 0 Å². The second-order valence-electron chi connectivity index (χ2n) is 3.16. The first-order valence-electron chi connectivity index (χ1n) is 4.05. The van der Waals surface area contributed by atoms with Gasteiger partial charge in [0.15, 0.2) is 0 Å². The fourth-order valence-corrected chi connectivity index (χ4v) is 1.50. The monoisotopic (exact) mass is 274 g/mol. The van der Waals surface area contributed by atoms with Crippen molar-refractivity contribution in [3.8, 4) is 0 Å². The van der Waals surface area contributed by atoms with Crippen LogP contribution in [0.15, 0.2) is 0 Å². The number of aliphatic carboxylic acids is 1. The summed E-state index contributed by atoms with van der Waals surface area (Å²) in [5.74, 6) is -6.68. The molecule has 7 N–H and O–H groups in total. The molecule has 0 aliphatic carbocycles. The van der Waals surface area contributed by atoms with Crippen molar-refractivity contribution in [2.75, 3.05) is 6.61 Å². The minimum absolute atomic E-state index is 1.23. The molecule has 0 amide bonds. The van der Waals surface area contributed by atoms with Crippen LogP contribution in [0, 0.1) is 0 Å². The van der Waals surface area contributed by atoms with E-state index in [1.807, 2.05) is 0 Å². The molecule has 0 spiro atoms. The van der Waals surface area contributed by atoms with E-state index in [0.717, 1.165) is 0 Å². The van der Waals surface area contributed by atoms with Crippen LogP contribution in [0.2, 0.25) is 0 Å². The molecule has 0 fully saturated rings. The molecule has 0 aromatic carbocycles. The van der Waals surface area contributed by atoms with Gasteiger partial charge in [-0.25, -0.2) is 4.79 Å². The molecule has 0 aliphatic rings. The number of carboxylic acids is 1. The van der Waals surface area contributed by atoms with Crippen molar-refractivity contribution in [2.24, 2.45) is 0 Å². The van der Waals surface area contributed by atoms with Crippen LogP contribution in [0.25, 0.3) is 0 Å². The normalized spacial score (nSPS) is 20.3. The van der Waals surface area contributed by atoms with Crippen LogP contribution in [0.5, 0.6) is 0 Å². The van der Waals surface area contributed by atoms with Crippen LogP contribution < -0.4 is 4.89 Å². The van der Waals surface area contributed by atoms with E-state index in [2.05, 4.69) is 0 Å². The van der Waals surface area contributed by atoms with Gasteiger partial charge < -0.3 is 40.6 Å². The summed E-state index contributed by atoms with van der Waals surface area (Å²) in [6.45, 7) is -1.23. The third-order valence-corrected chi connectivity index (χ3v) is 3.09. The van der Waals surface area contributed by atoms with Gasteiger partial charge in [-0.05, 0) is 0 Å². The maximum atomic E-state index is 10.6. The van der Waals surface area contributed by atoms with Gasteiger partial charge in [0.05, 0.1) is 6.61 Å². The first-order valence-corrected chi connectivity index (χ1v) is 5.23. The van der Waals surface area contributed by atoms with E-state index in [1.54, 1.807) is 0 Å². The Morgan fingerprint density at radius 2 is 1.71 bits per heavy atom. The second kappa shape index (κ2) is 5.29. The lowest BCUT2D eigenvalue weighted by molar-refractivity contribution is -0.312. The van der Waals surface area contributed by atoms with Gasteiger partial charge in [-0.2, -0.15) is 0 Å². The van der Waals surface area contributed by atoms with Gasteiger partial charge in [0.1, 0.15) is 12.2 Å². The molecule has 4 atom stereocenters. The summed E-state index contributed by atoms with van der Waals surface area (Å²) in [6, 6.07) is 0. The number of rotatable bonds is 6. The summed E-state index contributed by atoms with van der Waals surface area (Å²) in [5.41, 5.74) is 0. The van der Waals surface area contributed by atoms with Gasteiger partial charge in [-0.3, -0.25) is 0 Å². The Bertz CT molecular complexity index is 300. The van der Waals surface area contributed by atoms with Crippen molar-refractivity contribution in [1.29, 1.82) is 0 Å². The maximum absolute atomic E-state index is 10.6. The Labute approximate surface area is 94.9 Å². The first-order chi connectivity index (χ1) is 7.53. The Balaban J connectivity index is 5.53. The fraction of sp³-hybridized carbons (Fsp3) is 0.833. The first kappa shape index (κ1) is 16.3. The van der Waals surface area contributed by atoms with Crippen LogP contribution in [-0.2, 0) is 9.36 Å². The Hall–Kier alpha value is -0.710. The molecule has 0 rings (SSSR count). The van der Waals surface area contributed by atoms with Gasteiger partial charge in [-0.1, -0.05) is 4.57 Å². The van der Waals surface area contributed by atoms with E-state index >= 15 is 0 Å². The summed E-state index contributed by atoms with van der Waals surface area (Å²) in [6.07, 6.45) is -5.10. The minimum atomic E-state index is -4.33. The predicted molar refractivity (Wildman–Crippen MR) is 46.5 cm³/mol. The van der Waals surface area contributed by atoms with E-state index < -0.39 is 43.9 Å². The quantitative estimate of drug-likeness (QED) is 0.182. The lowest BCUT2D eigenvalue weighted by Crippen LogP contribution is -2.67. The minimum Gasteiger partial charge on any atom is -0.593 e. The molecule has 0 radical (unpaired) electrons. The molecule has 0 saturated heterocycles. The van der Waals surface area contributed by atoms with Crippen molar-refractivity contribution in [3.63, 3.8) is 0 Å². The zero-order valence-electron chi connectivity index (χ0n) is 8.16. The zero-order chi connectivity index (χ0) is 14.0. The average molecular weight is 274 g/mol. The fourth-order valence-electron chi connectivity index (χ4n) is 0.944. The van der Waals surface area contributed by atoms with Crippen molar-refractivity contribution in [3.05, 3.63) is 0 Å². The molecular weight excluding hydrogens is 263 g/mol. The molecule has 0 aromatic rings. The smallest absolute Gasteiger partial charge is 0.412 e. The van der Waals surface area contributed by atoms with Gasteiger partial charge in [0.25, 0.3) is 5.79 Å². The molecule has 10 nitrogen and oxygen atoms in total. The highest BCUT2D eigenvalue weighted by Crippen LogP contribution is 2.40. The predicted octanol–water partition coefficient (Wildman–Crippen LogP) is -4.74. The van der Waals surface area contributed by atoms with Gasteiger partial charge in [0, 0.05) is 0 Å². The standard InChI is InChI=1S/C6H11O10P/c7-1-2(8)3(9)5(12,13)6(14,4(10)11)17(15)16/h2-3,7-9,12-14H,1H2,(H,10,11). The molecular formula is C6H11O10P. The third-order valence-electron chi connectivity index (χ3n) is 2.04. The Kier molecular flexibility index (Phi) is 5.07. The van der Waals surface area contributed by atoms with Crippen LogP contribution in [0.4, 0.5) is 0 Å². The van der Waals surface area contributed by atoms with Crippen molar-refractivity contribution >= 4 is 14.0 Å². The van der Waals surface area contributed by atoms with E-state index in [9.17, 15) is 14.3 Å². The van der Waals surface area contributed by atoms with Crippen molar-refractivity contribution < 1.29 is 50.0 Å². The second-order valence-corrected chi connectivity index (χ2v) is 4.32. The summed E-state index contributed by atoms with van der Waals surface area (Å²) in [5, 5.41) is 58.1. The third kappa shape index (κ3) is 2.59. The van der Waals surface area contributed by atoms with Crippen molar-refractivity contribution in [1.82, 2.24) is 0 Å². The Morgan fingerprint density at radius 3 is 1.94 bits per heavy atom. The summed E-state index contributed by atoms with van der Waals surface area (Å²) >= 11 is 0. The summed E-state index contributed by atoms with van der Waals surface area (Å²) in [4.78, 5) is 21.1. The highest BCUT2D eigenvalue weighted by Gasteiger charge is 2.70. The largest absolute Gasteiger partial charge is 0.593 e. The molecule has 0 aliphatic heterocycles. The lowest BCUT2D eigenvalue weighted by Gasteiger charge is -2.34. The topological polar surface area (TPSA) is 199 Å². The molecule has 0 aromatic heterocycles. The molecule has 4 unspecified atom stereocenters. The molecule has 11 heteroatoms. The number of aliphatic hydroxyl groups excluding tert-OH is 3. The number of hydrogen-bond acceptors (Lipinski definition) is 9. The van der Waals surface area contributed by atoms with Crippen LogP contribution in [0.1, 0.15) is 0 Å². The SMILES string of the molecule is O=C(O)C(O)([P+](=O)[O-])C(O)(O)C(O)C(O)CO. The van der Waals surface area contributed by atoms with Crippen LogP contribution in [-0.4, -0.2) is 71.7 Å². The molecule has 0 heterocycles. The van der Waals surface area contributed by atoms with Gasteiger partial charge in [-0.15, -0.1) is 0 Å². The summed E-state index contributed by atoms with van der Waals surface area (Å²) < 4.78 is 10.6. The van der Waals surface area contributed by atoms with Gasteiger partial charge in [0.2, 0.25) is 0 Å². The van der Waals surface area contributed by atoms with Crippen molar-refractivity contribution in [2.45, 2.75) is 23.3 Å². The molecule has 17 heavy (non-hydrogen) atoms. The number of aliphatic hydroxyl groups is 6. The van der Waals surface area contributed by atoms with E-state index in [1.165, 1.54) is 0 Å². The summed E-state index contributed by atoms with van der Waals surface area (Å²) in [7, 11) is -4.33. The van der Waals surface area contributed by atoms with Gasteiger partial charge >= 0.3 is 19.3 Å². The van der Waals surface area contributed by atoms with E-state index in [4.69, 9.17) is 35.7 Å². The number of carbonyl (C=O) groups is 1. The molecule has 0 saturated carbocycles. The molecule has 0 bridgehead atoms. The van der Waals surface area contributed by atoms with Crippen LogP contribution >= 0.6 is 8.03 Å². The van der Waals surface area contributed by atoms with E-state index in [-0.39, 0.29) is 0 Å². The molecule has 100 valence electrons. The maximum Gasteiger partial charge on any atom is 0.412 e. The highest BCUT2D eigenvalue weighted by molar-refractivity contribution is 7.39.